The van der Waals surface area contributed by atoms with E-state index in [9.17, 15) is 14.4 Å². The maximum absolute atomic E-state index is 13.3. The topological polar surface area (TPSA) is 91.0 Å². The van der Waals surface area contributed by atoms with Crippen LogP contribution in [0.4, 0.5) is 0 Å². The summed E-state index contributed by atoms with van der Waals surface area (Å²) in [5.41, 5.74) is 2.41. The van der Waals surface area contributed by atoms with E-state index in [-0.39, 0.29) is 29.7 Å². The molecule has 1 unspecified atom stereocenters. The number of hydrogen-bond acceptors (Lipinski definition) is 6. The summed E-state index contributed by atoms with van der Waals surface area (Å²) in [6, 6.07) is 7.29. The molecule has 8 nitrogen and oxygen atoms in total. The number of Topliss-reactive ketones (excluding diaryl/α,β-unsaturated/α-hetero) is 1. The summed E-state index contributed by atoms with van der Waals surface area (Å²) in [7, 11) is 1.61. The van der Waals surface area contributed by atoms with Crippen LogP contribution in [-0.4, -0.2) is 73.4 Å². The molecule has 2 N–H and O–H groups in total. The van der Waals surface area contributed by atoms with E-state index in [1.165, 1.54) is 0 Å². The zero-order chi connectivity index (χ0) is 25.1. The average molecular weight is 493 g/mol. The lowest BCUT2D eigenvalue weighted by atomic mass is 9.89. The first-order chi connectivity index (χ1) is 17.5. The van der Waals surface area contributed by atoms with E-state index >= 15 is 0 Å². The van der Waals surface area contributed by atoms with Crippen LogP contribution in [0.25, 0.3) is 0 Å². The Morgan fingerprint density at radius 1 is 1.06 bits per heavy atom. The number of nitrogens with one attached hydrogen (secondary N) is 2. The van der Waals surface area contributed by atoms with Gasteiger partial charge in [-0.15, -0.1) is 0 Å². The number of benzene rings is 1. The predicted octanol–water partition coefficient (Wildman–Crippen LogP) is 2.48. The van der Waals surface area contributed by atoms with E-state index in [0.717, 1.165) is 75.2 Å². The van der Waals surface area contributed by atoms with E-state index in [4.69, 9.17) is 4.74 Å². The van der Waals surface area contributed by atoms with Gasteiger partial charge >= 0.3 is 0 Å². The highest BCUT2D eigenvalue weighted by Gasteiger charge is 2.33. The van der Waals surface area contributed by atoms with Crippen molar-refractivity contribution >= 4 is 17.6 Å². The largest absolute Gasteiger partial charge is 0.497 e. The molecular weight excluding hydrogens is 456 g/mol. The fraction of sp³-hybridized carbons (Fsp3) is 0.536. The van der Waals surface area contributed by atoms with Gasteiger partial charge in [0.15, 0.2) is 5.78 Å². The summed E-state index contributed by atoms with van der Waals surface area (Å²) >= 11 is 0. The van der Waals surface area contributed by atoms with Crippen molar-refractivity contribution in [2.75, 3.05) is 39.8 Å². The van der Waals surface area contributed by atoms with Crippen molar-refractivity contribution in [2.45, 2.75) is 44.7 Å². The Morgan fingerprint density at radius 2 is 1.81 bits per heavy atom. The number of ketones is 1. The van der Waals surface area contributed by atoms with Gasteiger partial charge in [-0.25, -0.2) is 0 Å². The molecule has 2 aliphatic heterocycles. The first-order valence-corrected chi connectivity index (χ1v) is 13.2. The van der Waals surface area contributed by atoms with Crippen molar-refractivity contribution in [1.29, 1.82) is 0 Å². The highest BCUT2D eigenvalue weighted by Crippen LogP contribution is 2.30. The molecule has 1 atom stereocenters. The van der Waals surface area contributed by atoms with Gasteiger partial charge in [-0.05, 0) is 87.9 Å². The monoisotopic (exact) mass is 492 g/mol. The van der Waals surface area contributed by atoms with Gasteiger partial charge in [0.1, 0.15) is 11.9 Å². The number of piperidine rings is 1. The normalized spacial score (nSPS) is 22.5. The molecule has 36 heavy (non-hydrogen) atoms. The zero-order valence-electron chi connectivity index (χ0n) is 21.0. The lowest BCUT2D eigenvalue weighted by Crippen LogP contribution is -2.57. The van der Waals surface area contributed by atoms with E-state index in [0.29, 0.717) is 24.6 Å². The Labute approximate surface area is 212 Å². The van der Waals surface area contributed by atoms with Crippen LogP contribution in [0.1, 0.15) is 48.9 Å². The fourth-order valence-corrected chi connectivity index (χ4v) is 5.34. The van der Waals surface area contributed by atoms with Crippen LogP contribution in [0, 0.1) is 11.8 Å². The van der Waals surface area contributed by atoms with Crippen molar-refractivity contribution in [1.82, 2.24) is 20.4 Å². The standard InChI is InChI=1S/C28H36N4O4/c1-36-22-10-8-20(9-11-22)27(34)21-12-14-31(15-13-21)18-26(33)32(16-19-6-7-19)17-25-29-24-5-3-2-4-23(24)28(35)30-25/h3,5,8-11,19,21,25,29H,2,4,6-7,12-18H2,1H3,(H,30,35). The van der Waals surface area contributed by atoms with Gasteiger partial charge in [-0.1, -0.05) is 6.08 Å². The van der Waals surface area contributed by atoms with Crippen LogP contribution < -0.4 is 15.4 Å². The highest BCUT2D eigenvalue weighted by molar-refractivity contribution is 5.98. The Morgan fingerprint density at radius 3 is 2.50 bits per heavy atom. The molecule has 5 rings (SSSR count). The third kappa shape index (κ3) is 5.81. The van der Waals surface area contributed by atoms with Crippen LogP contribution >= 0.6 is 0 Å². The van der Waals surface area contributed by atoms with Gasteiger partial charge in [0.25, 0.3) is 5.91 Å². The average Bonchev–Trinajstić information content (AvgIpc) is 3.72. The minimum absolute atomic E-state index is 0.0139. The maximum atomic E-state index is 13.3. The second kappa shape index (κ2) is 10.9. The maximum Gasteiger partial charge on any atom is 0.250 e. The van der Waals surface area contributed by atoms with Gasteiger partial charge < -0.3 is 20.3 Å². The molecule has 8 heteroatoms. The van der Waals surface area contributed by atoms with Crippen LogP contribution in [0.2, 0.25) is 0 Å². The number of carbonyl (C=O) groups excluding carboxylic acids is 3. The Hall–Kier alpha value is -3.13. The van der Waals surface area contributed by atoms with Crippen molar-refractivity contribution < 1.29 is 19.1 Å². The fourth-order valence-electron chi connectivity index (χ4n) is 5.34. The number of allylic oxidation sites excluding steroid dienone is 2. The Balaban J connectivity index is 1.14. The summed E-state index contributed by atoms with van der Waals surface area (Å²) in [5, 5.41) is 6.46. The van der Waals surface area contributed by atoms with Crippen molar-refractivity contribution in [3.8, 4) is 5.75 Å². The molecule has 2 amide bonds. The van der Waals surface area contributed by atoms with Crippen molar-refractivity contribution in [2.24, 2.45) is 11.8 Å². The molecule has 0 bridgehead atoms. The van der Waals surface area contributed by atoms with Gasteiger partial charge in [0, 0.05) is 29.3 Å². The molecule has 1 saturated heterocycles. The number of rotatable bonds is 9. The van der Waals surface area contributed by atoms with Gasteiger partial charge in [0.05, 0.1) is 20.2 Å². The summed E-state index contributed by atoms with van der Waals surface area (Å²) in [6.07, 6.45) is 9.23. The number of methoxy groups -OCH3 is 1. The summed E-state index contributed by atoms with van der Waals surface area (Å²) in [6.45, 7) is 3.01. The number of hydrogen-bond donors (Lipinski definition) is 2. The third-order valence-corrected chi connectivity index (χ3v) is 7.70. The van der Waals surface area contributed by atoms with Crippen LogP contribution in [0.3, 0.4) is 0 Å². The molecular formula is C28H36N4O4. The van der Waals surface area contributed by atoms with E-state index < -0.39 is 0 Å². The predicted molar refractivity (Wildman–Crippen MR) is 136 cm³/mol. The van der Waals surface area contributed by atoms with Crippen LogP contribution in [-0.2, 0) is 9.59 Å². The molecule has 2 heterocycles. The molecule has 0 aromatic heterocycles. The third-order valence-electron chi connectivity index (χ3n) is 7.70. The molecule has 2 aliphatic carbocycles. The molecule has 0 radical (unpaired) electrons. The first-order valence-electron chi connectivity index (χ1n) is 13.2. The molecule has 192 valence electrons. The number of amides is 2. The SMILES string of the molecule is COc1ccc(C(=O)C2CCN(CC(=O)N(CC3CC3)CC3NC(=O)C4=C(C=CCC4)N3)CC2)cc1. The lowest BCUT2D eigenvalue weighted by Gasteiger charge is -2.36. The zero-order valence-corrected chi connectivity index (χ0v) is 21.0. The highest BCUT2D eigenvalue weighted by atomic mass is 16.5. The second-order valence-corrected chi connectivity index (χ2v) is 10.4. The quantitative estimate of drug-likeness (QED) is 0.515. The van der Waals surface area contributed by atoms with Crippen molar-refractivity contribution in [3.05, 3.63) is 53.3 Å². The minimum atomic E-state index is -0.283. The van der Waals surface area contributed by atoms with E-state index in [2.05, 4.69) is 21.6 Å². The summed E-state index contributed by atoms with van der Waals surface area (Å²) in [5.74, 6) is 1.53. The number of carbonyl (C=O) groups is 3. The van der Waals surface area contributed by atoms with E-state index in [1.54, 1.807) is 7.11 Å². The molecule has 1 aromatic rings. The van der Waals surface area contributed by atoms with Crippen LogP contribution in [0.5, 0.6) is 5.75 Å². The summed E-state index contributed by atoms with van der Waals surface area (Å²) in [4.78, 5) is 42.9. The Bertz CT molecular complexity index is 1050. The smallest absolute Gasteiger partial charge is 0.250 e. The summed E-state index contributed by atoms with van der Waals surface area (Å²) < 4.78 is 5.19. The molecule has 4 aliphatic rings. The van der Waals surface area contributed by atoms with Crippen LogP contribution in [0.15, 0.2) is 47.7 Å². The van der Waals surface area contributed by atoms with E-state index in [1.807, 2.05) is 35.2 Å². The minimum Gasteiger partial charge on any atom is -0.497 e. The number of likely N-dealkylation sites (tertiary alicyclic amines) is 1. The second-order valence-electron chi connectivity index (χ2n) is 10.4. The number of nitrogens with zero attached hydrogens (tertiary/aromatic N) is 2. The van der Waals surface area contributed by atoms with Gasteiger partial charge in [0.2, 0.25) is 5.91 Å². The molecule has 0 spiro atoms. The molecule has 1 saturated carbocycles. The number of ether oxygens (including phenoxy) is 1. The van der Waals surface area contributed by atoms with Gasteiger partial charge in [-0.2, -0.15) is 0 Å². The van der Waals surface area contributed by atoms with Crippen molar-refractivity contribution in [3.63, 3.8) is 0 Å². The Kier molecular flexibility index (Phi) is 7.41. The lowest BCUT2D eigenvalue weighted by molar-refractivity contribution is -0.134. The molecule has 2 fully saturated rings. The van der Waals surface area contributed by atoms with Gasteiger partial charge in [-0.3, -0.25) is 19.3 Å². The first kappa shape index (κ1) is 24.6. The molecule has 1 aromatic carbocycles.